The third-order valence-corrected chi connectivity index (χ3v) is 2.86. The van der Waals surface area contributed by atoms with Gasteiger partial charge in [-0.15, -0.1) is 0 Å². The summed E-state index contributed by atoms with van der Waals surface area (Å²) in [4.78, 5) is 0. The Morgan fingerprint density at radius 3 is 2.42 bits per heavy atom. The van der Waals surface area contributed by atoms with E-state index in [1.807, 2.05) is 13.0 Å². The van der Waals surface area contributed by atoms with E-state index in [1.165, 1.54) is 12.1 Å². The minimum Gasteiger partial charge on any atom is -0.494 e. The third-order valence-electron chi connectivity index (χ3n) is 2.86. The zero-order valence-corrected chi connectivity index (χ0v) is 10.4. The fourth-order valence-corrected chi connectivity index (χ4v) is 1.88. The van der Waals surface area contributed by atoms with Crippen molar-refractivity contribution >= 4 is 10.8 Å². The molecule has 2 nitrogen and oxygen atoms in total. The van der Waals surface area contributed by atoms with Gasteiger partial charge in [0.25, 0.3) is 0 Å². The molecule has 0 bridgehead atoms. The fourth-order valence-electron chi connectivity index (χ4n) is 1.88. The van der Waals surface area contributed by atoms with Gasteiger partial charge in [-0.25, -0.2) is 0 Å². The Bertz CT molecular complexity index is 580. The predicted molar refractivity (Wildman–Crippen MR) is 68.1 cm³/mol. The fraction of sp³-hybridized carbons (Fsp3) is 0.286. The zero-order valence-electron chi connectivity index (χ0n) is 10.4. The zero-order chi connectivity index (χ0) is 14.0. The summed E-state index contributed by atoms with van der Waals surface area (Å²) < 4.78 is 43.1. The third kappa shape index (κ3) is 2.98. The van der Waals surface area contributed by atoms with E-state index >= 15 is 0 Å². The number of benzene rings is 2. The average molecular weight is 269 g/mol. The van der Waals surface area contributed by atoms with Crippen LogP contribution in [-0.4, -0.2) is 12.8 Å². The maximum Gasteiger partial charge on any atom is 0.407 e. The summed E-state index contributed by atoms with van der Waals surface area (Å²) in [5.41, 5.74) is 5.25. The van der Waals surface area contributed by atoms with Crippen LogP contribution >= 0.6 is 0 Å². The molecule has 0 spiro atoms. The molecular weight excluding hydrogens is 255 g/mol. The Hall–Kier alpha value is -1.75. The van der Waals surface area contributed by atoms with Crippen molar-refractivity contribution in [1.82, 2.24) is 0 Å². The van der Waals surface area contributed by atoms with Crippen molar-refractivity contribution in [3.05, 3.63) is 42.0 Å². The van der Waals surface area contributed by atoms with Crippen LogP contribution in [0.5, 0.6) is 5.75 Å². The lowest BCUT2D eigenvalue weighted by atomic mass is 10.0. The molecule has 19 heavy (non-hydrogen) atoms. The van der Waals surface area contributed by atoms with Gasteiger partial charge in [0.15, 0.2) is 0 Å². The van der Waals surface area contributed by atoms with Crippen LogP contribution < -0.4 is 10.5 Å². The van der Waals surface area contributed by atoms with E-state index in [1.54, 1.807) is 18.2 Å². The maximum atomic E-state index is 12.6. The Labute approximate surface area is 109 Å². The van der Waals surface area contributed by atoms with E-state index in [4.69, 9.17) is 10.5 Å². The van der Waals surface area contributed by atoms with Gasteiger partial charge in [-0.1, -0.05) is 18.2 Å². The predicted octanol–water partition coefficient (Wildman–Crippen LogP) is 3.80. The van der Waals surface area contributed by atoms with Crippen molar-refractivity contribution in [2.24, 2.45) is 5.73 Å². The van der Waals surface area contributed by atoms with E-state index < -0.39 is 12.2 Å². The highest BCUT2D eigenvalue weighted by molar-refractivity contribution is 5.84. The van der Waals surface area contributed by atoms with Gasteiger partial charge in [0, 0.05) is 0 Å². The molecule has 2 aromatic carbocycles. The number of alkyl halides is 3. The summed E-state index contributed by atoms with van der Waals surface area (Å²) in [5, 5.41) is 1.53. The van der Waals surface area contributed by atoms with Crippen LogP contribution in [0.4, 0.5) is 13.2 Å². The van der Waals surface area contributed by atoms with E-state index in [2.05, 4.69) is 0 Å². The summed E-state index contributed by atoms with van der Waals surface area (Å²) >= 11 is 0. The number of nitrogens with two attached hydrogens (primary N) is 1. The Morgan fingerprint density at radius 1 is 1.11 bits per heavy atom. The van der Waals surface area contributed by atoms with Gasteiger partial charge >= 0.3 is 6.18 Å². The summed E-state index contributed by atoms with van der Waals surface area (Å²) in [6.07, 6.45) is -4.44. The molecule has 0 unspecified atom stereocenters. The lowest BCUT2D eigenvalue weighted by Crippen LogP contribution is -2.28. The molecule has 0 saturated carbocycles. The highest BCUT2D eigenvalue weighted by Crippen LogP contribution is 2.32. The standard InChI is InChI=1S/C14H14F3NO/c1-2-19-12-6-5-9-3-4-10(7-11(9)8-12)13(18)14(15,16)17/h3-8,13H,2,18H2,1H3/t13-/m0/s1. The van der Waals surface area contributed by atoms with E-state index in [-0.39, 0.29) is 5.56 Å². The number of halogens is 3. The van der Waals surface area contributed by atoms with E-state index in [0.717, 1.165) is 5.39 Å². The maximum absolute atomic E-state index is 12.6. The molecule has 2 rings (SSSR count). The van der Waals surface area contributed by atoms with Crippen LogP contribution in [-0.2, 0) is 0 Å². The first-order valence-electron chi connectivity index (χ1n) is 5.90. The molecule has 0 amide bonds. The number of hydrogen-bond acceptors (Lipinski definition) is 2. The minimum absolute atomic E-state index is 0.0497. The molecule has 0 aromatic heterocycles. The average Bonchev–Trinajstić information content (AvgIpc) is 2.36. The first kappa shape index (κ1) is 13.7. The van der Waals surface area contributed by atoms with Gasteiger partial charge in [0.2, 0.25) is 0 Å². The van der Waals surface area contributed by atoms with Crippen LogP contribution in [0.15, 0.2) is 36.4 Å². The Balaban J connectivity index is 2.43. The molecule has 2 aromatic rings. The monoisotopic (exact) mass is 269 g/mol. The number of fused-ring (bicyclic) bond motifs is 1. The van der Waals surface area contributed by atoms with Crippen molar-refractivity contribution in [3.63, 3.8) is 0 Å². The topological polar surface area (TPSA) is 35.2 Å². The van der Waals surface area contributed by atoms with Gasteiger partial charge in [-0.2, -0.15) is 13.2 Å². The largest absolute Gasteiger partial charge is 0.494 e. The van der Waals surface area contributed by atoms with Gasteiger partial charge in [-0.05, 0) is 41.5 Å². The Kier molecular flexibility index (Phi) is 3.66. The van der Waals surface area contributed by atoms with Crippen molar-refractivity contribution in [1.29, 1.82) is 0 Å². The van der Waals surface area contributed by atoms with Gasteiger partial charge in [0.1, 0.15) is 11.8 Å². The quantitative estimate of drug-likeness (QED) is 0.919. The van der Waals surface area contributed by atoms with Crippen molar-refractivity contribution in [3.8, 4) is 5.75 Å². The molecule has 0 radical (unpaired) electrons. The van der Waals surface area contributed by atoms with Crippen LogP contribution in [0.2, 0.25) is 0 Å². The summed E-state index contributed by atoms with van der Waals surface area (Å²) in [7, 11) is 0. The van der Waals surface area contributed by atoms with Crippen molar-refractivity contribution in [2.75, 3.05) is 6.61 Å². The number of hydrogen-bond donors (Lipinski definition) is 1. The highest BCUT2D eigenvalue weighted by Gasteiger charge is 2.37. The second-order valence-corrected chi connectivity index (χ2v) is 4.22. The van der Waals surface area contributed by atoms with E-state index in [9.17, 15) is 13.2 Å². The van der Waals surface area contributed by atoms with Crippen LogP contribution in [0.1, 0.15) is 18.5 Å². The summed E-state index contributed by atoms with van der Waals surface area (Å²) in [6.45, 7) is 2.35. The SMILES string of the molecule is CCOc1ccc2ccc([C@H](N)C(F)(F)F)cc2c1. The number of rotatable bonds is 3. The van der Waals surface area contributed by atoms with Gasteiger partial charge < -0.3 is 10.5 Å². The lowest BCUT2D eigenvalue weighted by Gasteiger charge is -2.16. The van der Waals surface area contributed by atoms with E-state index in [0.29, 0.717) is 17.7 Å². The lowest BCUT2D eigenvalue weighted by molar-refractivity contribution is -0.149. The van der Waals surface area contributed by atoms with Crippen LogP contribution in [0.25, 0.3) is 10.8 Å². The van der Waals surface area contributed by atoms with Crippen molar-refractivity contribution < 1.29 is 17.9 Å². The molecule has 0 aliphatic rings. The molecule has 0 saturated heterocycles. The molecule has 1 atom stereocenters. The molecule has 0 aliphatic carbocycles. The molecule has 0 heterocycles. The summed E-state index contributed by atoms with van der Waals surface area (Å²) in [6, 6.07) is 7.83. The van der Waals surface area contributed by atoms with Crippen molar-refractivity contribution in [2.45, 2.75) is 19.1 Å². The number of ether oxygens (including phenoxy) is 1. The Morgan fingerprint density at radius 2 is 1.79 bits per heavy atom. The van der Waals surface area contributed by atoms with Gasteiger partial charge in [0.05, 0.1) is 6.61 Å². The van der Waals surface area contributed by atoms with Crippen LogP contribution in [0, 0.1) is 0 Å². The second kappa shape index (κ2) is 5.09. The first-order chi connectivity index (χ1) is 8.91. The minimum atomic E-state index is -4.44. The summed E-state index contributed by atoms with van der Waals surface area (Å²) in [5.74, 6) is 0.632. The smallest absolute Gasteiger partial charge is 0.407 e. The molecule has 102 valence electrons. The normalized spacial score (nSPS) is 13.5. The molecule has 5 heteroatoms. The first-order valence-corrected chi connectivity index (χ1v) is 5.90. The molecule has 0 fully saturated rings. The van der Waals surface area contributed by atoms with Gasteiger partial charge in [-0.3, -0.25) is 0 Å². The highest BCUT2D eigenvalue weighted by atomic mass is 19.4. The molecule has 0 aliphatic heterocycles. The van der Waals surface area contributed by atoms with Crippen LogP contribution in [0.3, 0.4) is 0 Å². The molecular formula is C14H14F3NO. The molecule has 2 N–H and O–H groups in total. The second-order valence-electron chi connectivity index (χ2n) is 4.22.